The highest BCUT2D eigenvalue weighted by Crippen LogP contribution is 2.39. The minimum absolute atomic E-state index is 0.395. The van der Waals surface area contributed by atoms with Gasteiger partial charge in [-0.3, -0.25) is 0 Å². The molecule has 0 aromatic carbocycles. The minimum atomic E-state index is 0.395. The first-order chi connectivity index (χ1) is 8.31. The molecule has 0 unspecified atom stereocenters. The van der Waals surface area contributed by atoms with E-state index in [-0.39, 0.29) is 0 Å². The lowest BCUT2D eigenvalue weighted by Gasteiger charge is -2.28. The maximum Gasteiger partial charge on any atom is 0.100 e. The second kappa shape index (κ2) is 5.31. The average Bonchev–Trinajstić information content (AvgIpc) is 2.64. The number of aromatic nitrogens is 3. The second-order valence-corrected chi connectivity index (χ2v) is 4.80. The Bertz CT molecular complexity index is 408. The summed E-state index contributed by atoms with van der Waals surface area (Å²) in [6.07, 6.45) is 6.30. The molecule has 1 heterocycles. The van der Waals surface area contributed by atoms with Crippen LogP contribution in [0.15, 0.2) is 0 Å². The Morgan fingerprint density at radius 2 is 2.12 bits per heavy atom. The Morgan fingerprint density at radius 1 is 1.41 bits per heavy atom. The van der Waals surface area contributed by atoms with E-state index in [0.717, 1.165) is 18.5 Å². The van der Waals surface area contributed by atoms with E-state index in [1.54, 1.807) is 0 Å². The van der Waals surface area contributed by atoms with Gasteiger partial charge in [-0.05, 0) is 25.7 Å². The van der Waals surface area contributed by atoms with E-state index in [9.17, 15) is 0 Å². The van der Waals surface area contributed by atoms with Gasteiger partial charge in [0.2, 0.25) is 0 Å². The molecule has 4 heteroatoms. The van der Waals surface area contributed by atoms with Gasteiger partial charge in [-0.25, -0.2) is 4.68 Å². The zero-order valence-corrected chi connectivity index (χ0v) is 10.7. The Morgan fingerprint density at radius 3 is 2.59 bits per heavy atom. The van der Waals surface area contributed by atoms with Gasteiger partial charge in [0, 0.05) is 5.92 Å². The first-order valence-electron chi connectivity index (χ1n) is 6.62. The third-order valence-corrected chi connectivity index (χ3v) is 3.83. The van der Waals surface area contributed by atoms with Crippen LogP contribution < -0.4 is 0 Å². The summed E-state index contributed by atoms with van der Waals surface area (Å²) < 4.78 is 2.09. The summed E-state index contributed by atoms with van der Waals surface area (Å²) in [6, 6.07) is 2.64. The Labute approximate surface area is 103 Å². The van der Waals surface area contributed by atoms with Crippen LogP contribution in [0.2, 0.25) is 0 Å². The first-order valence-corrected chi connectivity index (χ1v) is 6.62. The van der Waals surface area contributed by atoms with E-state index < -0.39 is 0 Å². The first kappa shape index (κ1) is 12.1. The number of hydrogen-bond acceptors (Lipinski definition) is 3. The van der Waals surface area contributed by atoms with Gasteiger partial charge in [-0.1, -0.05) is 25.5 Å². The zero-order chi connectivity index (χ0) is 12.3. The highest BCUT2D eigenvalue weighted by molar-refractivity contribution is 5.21. The molecule has 1 aromatic rings. The number of hydrogen-bond donors (Lipinski definition) is 0. The molecule has 1 aromatic heterocycles. The van der Waals surface area contributed by atoms with Crippen molar-refractivity contribution in [1.82, 2.24) is 15.0 Å². The van der Waals surface area contributed by atoms with Gasteiger partial charge in [0.05, 0.1) is 24.2 Å². The summed E-state index contributed by atoms with van der Waals surface area (Å²) in [7, 11) is 0. The molecule has 0 saturated heterocycles. The highest BCUT2D eigenvalue weighted by Gasteiger charge is 2.29. The van der Waals surface area contributed by atoms with E-state index >= 15 is 0 Å². The van der Waals surface area contributed by atoms with Gasteiger partial charge in [0.1, 0.15) is 5.69 Å². The van der Waals surface area contributed by atoms with Crippen LogP contribution in [0.3, 0.4) is 0 Å². The van der Waals surface area contributed by atoms with Crippen molar-refractivity contribution in [2.75, 3.05) is 0 Å². The molecule has 0 amide bonds. The molecule has 92 valence electrons. The van der Waals surface area contributed by atoms with Crippen molar-refractivity contribution >= 4 is 0 Å². The van der Waals surface area contributed by atoms with Crippen LogP contribution in [0.1, 0.15) is 69.3 Å². The fourth-order valence-corrected chi connectivity index (χ4v) is 2.54. The van der Waals surface area contributed by atoms with Gasteiger partial charge < -0.3 is 0 Å². The van der Waals surface area contributed by atoms with Crippen molar-refractivity contribution in [3.05, 3.63) is 11.4 Å². The summed E-state index contributed by atoms with van der Waals surface area (Å²) in [6.45, 7) is 4.37. The fourth-order valence-electron chi connectivity index (χ4n) is 2.54. The number of nitrogens with zero attached hydrogens (tertiary/aromatic N) is 4. The summed E-state index contributed by atoms with van der Waals surface area (Å²) in [5.74, 6) is 0.592. The third kappa shape index (κ3) is 2.19. The van der Waals surface area contributed by atoms with Crippen molar-refractivity contribution in [3.63, 3.8) is 0 Å². The summed E-state index contributed by atoms with van der Waals surface area (Å²) in [4.78, 5) is 0. The van der Waals surface area contributed by atoms with Gasteiger partial charge in [-0.2, -0.15) is 5.26 Å². The van der Waals surface area contributed by atoms with Crippen LogP contribution in [-0.2, 0) is 6.42 Å². The van der Waals surface area contributed by atoms with E-state index in [0.29, 0.717) is 18.4 Å². The molecule has 1 aliphatic rings. The monoisotopic (exact) mass is 232 g/mol. The molecule has 2 rings (SSSR count). The summed E-state index contributed by atoms with van der Waals surface area (Å²) in [5, 5.41) is 17.4. The smallest absolute Gasteiger partial charge is 0.100 e. The molecule has 0 atom stereocenters. The fraction of sp³-hybridized carbons (Fsp3) is 0.769. The lowest BCUT2D eigenvalue weighted by Crippen LogP contribution is -2.19. The molecule has 0 aliphatic heterocycles. The molecule has 0 bridgehead atoms. The van der Waals surface area contributed by atoms with Crippen molar-refractivity contribution < 1.29 is 0 Å². The van der Waals surface area contributed by atoms with Crippen molar-refractivity contribution in [1.29, 1.82) is 5.26 Å². The topological polar surface area (TPSA) is 54.5 Å². The molecule has 0 radical (unpaired) electrons. The molecule has 4 nitrogen and oxygen atoms in total. The van der Waals surface area contributed by atoms with Crippen LogP contribution in [0.5, 0.6) is 0 Å². The SMILES string of the molecule is CCC(CC)n1nnc(CC#N)c1C1CCC1. The summed E-state index contributed by atoms with van der Waals surface area (Å²) in [5.41, 5.74) is 2.15. The molecule has 1 fully saturated rings. The molecule has 1 aliphatic carbocycles. The molecule has 17 heavy (non-hydrogen) atoms. The standard InChI is InChI=1S/C13H20N4/c1-3-11(4-2)17-13(10-6-5-7-10)12(8-9-14)15-16-17/h10-11H,3-8H2,1-2H3. The maximum atomic E-state index is 8.85. The van der Waals surface area contributed by atoms with Crippen LogP contribution in [-0.4, -0.2) is 15.0 Å². The predicted molar refractivity (Wildman–Crippen MR) is 65.6 cm³/mol. The zero-order valence-electron chi connectivity index (χ0n) is 10.7. The molecule has 0 N–H and O–H groups in total. The van der Waals surface area contributed by atoms with E-state index in [4.69, 9.17) is 5.26 Å². The largest absolute Gasteiger partial charge is 0.246 e. The van der Waals surface area contributed by atoms with E-state index in [1.807, 2.05) is 0 Å². The Balaban J connectivity index is 2.34. The molecular formula is C13H20N4. The summed E-state index contributed by atoms with van der Waals surface area (Å²) >= 11 is 0. The van der Waals surface area contributed by atoms with Gasteiger partial charge in [0.15, 0.2) is 0 Å². The molecule has 0 spiro atoms. The minimum Gasteiger partial charge on any atom is -0.246 e. The normalized spacial score (nSPS) is 15.9. The lowest BCUT2D eigenvalue weighted by atomic mass is 9.81. The maximum absolute atomic E-state index is 8.85. The second-order valence-electron chi connectivity index (χ2n) is 4.80. The quantitative estimate of drug-likeness (QED) is 0.784. The van der Waals surface area contributed by atoms with Crippen LogP contribution in [0, 0.1) is 11.3 Å². The van der Waals surface area contributed by atoms with Gasteiger partial charge >= 0.3 is 0 Å². The van der Waals surface area contributed by atoms with Crippen LogP contribution >= 0.6 is 0 Å². The Kier molecular flexibility index (Phi) is 3.78. The predicted octanol–water partition coefficient (Wildman–Crippen LogP) is 2.97. The third-order valence-electron chi connectivity index (χ3n) is 3.83. The average molecular weight is 232 g/mol. The van der Waals surface area contributed by atoms with Crippen molar-refractivity contribution in [2.24, 2.45) is 0 Å². The van der Waals surface area contributed by atoms with E-state index in [2.05, 4.69) is 34.9 Å². The highest BCUT2D eigenvalue weighted by atomic mass is 15.4. The Hall–Kier alpha value is -1.37. The van der Waals surface area contributed by atoms with Crippen LogP contribution in [0.25, 0.3) is 0 Å². The van der Waals surface area contributed by atoms with Gasteiger partial charge in [-0.15, -0.1) is 5.10 Å². The van der Waals surface area contributed by atoms with Gasteiger partial charge in [0.25, 0.3) is 0 Å². The van der Waals surface area contributed by atoms with E-state index in [1.165, 1.54) is 25.0 Å². The number of nitriles is 1. The van der Waals surface area contributed by atoms with Crippen molar-refractivity contribution in [2.45, 2.75) is 64.3 Å². The van der Waals surface area contributed by atoms with Crippen LogP contribution in [0.4, 0.5) is 0 Å². The number of rotatable bonds is 5. The lowest BCUT2D eigenvalue weighted by molar-refractivity contribution is 0.346. The molecule has 1 saturated carbocycles. The van der Waals surface area contributed by atoms with Crippen molar-refractivity contribution in [3.8, 4) is 6.07 Å². The molecular weight excluding hydrogens is 212 g/mol.